The van der Waals surface area contributed by atoms with E-state index in [-0.39, 0.29) is 18.6 Å². The van der Waals surface area contributed by atoms with Crippen molar-refractivity contribution in [2.45, 2.75) is 25.5 Å². The third-order valence-corrected chi connectivity index (χ3v) is 5.34. The number of carbonyl (C=O) groups excluding carboxylic acids is 1. The average Bonchev–Trinajstić information content (AvgIpc) is 3.40. The fourth-order valence-electron chi connectivity index (χ4n) is 3.53. The summed E-state index contributed by atoms with van der Waals surface area (Å²) in [6.07, 6.45) is 2.22. The van der Waals surface area contributed by atoms with Gasteiger partial charge in [-0.05, 0) is 66.9 Å². The van der Waals surface area contributed by atoms with E-state index in [0.717, 1.165) is 30.8 Å². The van der Waals surface area contributed by atoms with E-state index in [4.69, 9.17) is 23.7 Å². The minimum absolute atomic E-state index is 0.0847. The Bertz CT molecular complexity index is 1050. The molecule has 1 saturated heterocycles. The van der Waals surface area contributed by atoms with E-state index >= 15 is 0 Å². The second-order valence-electron chi connectivity index (χ2n) is 7.88. The number of amides is 1. The van der Waals surface area contributed by atoms with Crippen LogP contribution < -0.4 is 24.3 Å². The van der Waals surface area contributed by atoms with Gasteiger partial charge in [-0.1, -0.05) is 24.3 Å². The van der Waals surface area contributed by atoms with E-state index < -0.39 is 0 Å². The molecule has 0 aromatic heterocycles. The van der Waals surface area contributed by atoms with E-state index in [2.05, 4.69) is 5.32 Å². The van der Waals surface area contributed by atoms with Crippen LogP contribution in [0.5, 0.6) is 28.7 Å². The number of methoxy groups -OCH3 is 1. The van der Waals surface area contributed by atoms with Crippen molar-refractivity contribution in [3.05, 3.63) is 78.4 Å². The molecule has 0 radical (unpaired) electrons. The maximum absolute atomic E-state index is 12.2. The quantitative estimate of drug-likeness (QED) is 0.443. The van der Waals surface area contributed by atoms with Crippen molar-refractivity contribution in [1.82, 2.24) is 5.32 Å². The highest BCUT2D eigenvalue weighted by molar-refractivity contribution is 5.77. The first-order valence-electron chi connectivity index (χ1n) is 11.3. The third-order valence-electron chi connectivity index (χ3n) is 5.34. The van der Waals surface area contributed by atoms with Crippen molar-refractivity contribution in [2.75, 3.05) is 26.9 Å². The van der Waals surface area contributed by atoms with Gasteiger partial charge < -0.3 is 29.0 Å². The van der Waals surface area contributed by atoms with Crippen LogP contribution in [0.4, 0.5) is 0 Å². The molecule has 7 nitrogen and oxygen atoms in total. The fraction of sp³-hybridized carbons (Fsp3) is 0.296. The van der Waals surface area contributed by atoms with Gasteiger partial charge >= 0.3 is 0 Å². The summed E-state index contributed by atoms with van der Waals surface area (Å²) in [6, 6.07) is 22.3. The maximum atomic E-state index is 12.2. The Balaban J connectivity index is 1.21. The Morgan fingerprint density at radius 3 is 2.44 bits per heavy atom. The lowest BCUT2D eigenvalue weighted by Crippen LogP contribution is -2.28. The molecule has 178 valence electrons. The Kier molecular flexibility index (Phi) is 8.24. The van der Waals surface area contributed by atoms with Crippen molar-refractivity contribution >= 4 is 5.91 Å². The average molecular weight is 464 g/mol. The number of hydrogen-bond donors (Lipinski definition) is 1. The van der Waals surface area contributed by atoms with Crippen LogP contribution in [-0.2, 0) is 16.1 Å². The van der Waals surface area contributed by atoms with Gasteiger partial charge in [0.1, 0.15) is 23.9 Å². The van der Waals surface area contributed by atoms with Crippen LogP contribution in [0.1, 0.15) is 18.4 Å². The molecule has 0 bridgehead atoms. The Morgan fingerprint density at radius 2 is 1.71 bits per heavy atom. The second-order valence-corrected chi connectivity index (χ2v) is 7.88. The van der Waals surface area contributed by atoms with Gasteiger partial charge in [0, 0.05) is 13.2 Å². The van der Waals surface area contributed by atoms with Crippen LogP contribution >= 0.6 is 0 Å². The number of ether oxygens (including phenoxy) is 5. The van der Waals surface area contributed by atoms with E-state index in [1.165, 1.54) is 0 Å². The Hall–Kier alpha value is -3.71. The highest BCUT2D eigenvalue weighted by atomic mass is 16.5. The summed E-state index contributed by atoms with van der Waals surface area (Å²) in [6.45, 7) is 1.57. The van der Waals surface area contributed by atoms with Crippen LogP contribution in [0.15, 0.2) is 72.8 Å². The molecule has 3 aromatic carbocycles. The van der Waals surface area contributed by atoms with Gasteiger partial charge in [0.15, 0.2) is 18.1 Å². The molecule has 7 heteroatoms. The molecule has 1 aliphatic heterocycles. The maximum Gasteiger partial charge on any atom is 0.258 e. The van der Waals surface area contributed by atoms with E-state index in [0.29, 0.717) is 36.1 Å². The molecule has 0 saturated carbocycles. The topological polar surface area (TPSA) is 75.3 Å². The molecule has 1 atom stereocenters. The summed E-state index contributed by atoms with van der Waals surface area (Å²) in [4.78, 5) is 12.2. The van der Waals surface area contributed by atoms with E-state index in [1.54, 1.807) is 31.4 Å². The Labute approximate surface area is 199 Å². The van der Waals surface area contributed by atoms with Gasteiger partial charge in [-0.3, -0.25) is 4.79 Å². The first kappa shape index (κ1) is 23.4. The number of benzene rings is 3. The van der Waals surface area contributed by atoms with Crippen molar-refractivity contribution < 1.29 is 28.5 Å². The molecule has 1 aliphatic rings. The lowest BCUT2D eigenvalue weighted by molar-refractivity contribution is -0.123. The summed E-state index contributed by atoms with van der Waals surface area (Å²) in [5, 5.41) is 2.86. The third kappa shape index (κ3) is 6.89. The molecule has 4 rings (SSSR count). The van der Waals surface area contributed by atoms with Gasteiger partial charge in [-0.2, -0.15) is 0 Å². The molecule has 1 N–H and O–H groups in total. The van der Waals surface area contributed by atoms with Crippen molar-refractivity contribution in [3.63, 3.8) is 0 Å². The summed E-state index contributed by atoms with van der Waals surface area (Å²) in [5.74, 6) is 3.11. The van der Waals surface area contributed by atoms with Gasteiger partial charge in [-0.25, -0.2) is 0 Å². The van der Waals surface area contributed by atoms with Crippen molar-refractivity contribution in [1.29, 1.82) is 0 Å². The Morgan fingerprint density at radius 1 is 0.941 bits per heavy atom. The highest BCUT2D eigenvalue weighted by Gasteiger charge is 2.17. The predicted octanol–water partition coefficient (Wildman–Crippen LogP) is 4.74. The molecule has 0 aliphatic carbocycles. The minimum atomic E-state index is -0.220. The lowest BCUT2D eigenvalue weighted by Gasteiger charge is -2.15. The number of carbonyl (C=O) groups is 1. The number of para-hydroxylation sites is 1. The number of nitrogens with one attached hydrogen (secondary N) is 1. The normalized spacial score (nSPS) is 14.9. The summed E-state index contributed by atoms with van der Waals surface area (Å²) in [7, 11) is 1.60. The molecule has 1 amide bonds. The van der Waals surface area contributed by atoms with Crippen LogP contribution in [0, 0.1) is 0 Å². The molecular weight excluding hydrogens is 434 g/mol. The molecule has 3 aromatic rings. The minimum Gasteiger partial charge on any atom is -0.493 e. The summed E-state index contributed by atoms with van der Waals surface area (Å²) < 4.78 is 28.2. The number of rotatable bonds is 11. The fourth-order valence-corrected chi connectivity index (χ4v) is 3.53. The zero-order valence-electron chi connectivity index (χ0n) is 19.2. The first-order chi connectivity index (χ1) is 16.7. The second kappa shape index (κ2) is 12.0. The van der Waals surface area contributed by atoms with Gasteiger partial charge in [0.2, 0.25) is 0 Å². The zero-order chi connectivity index (χ0) is 23.6. The van der Waals surface area contributed by atoms with Crippen LogP contribution in [-0.4, -0.2) is 38.9 Å². The SMILES string of the molecule is COc1cc(CNC(=O)COc2ccc(Oc3ccccc3)cc2)ccc1OCC1CCCO1. The largest absolute Gasteiger partial charge is 0.493 e. The van der Waals surface area contributed by atoms with Gasteiger partial charge in [-0.15, -0.1) is 0 Å². The zero-order valence-corrected chi connectivity index (χ0v) is 19.2. The predicted molar refractivity (Wildman–Crippen MR) is 128 cm³/mol. The summed E-state index contributed by atoms with van der Waals surface area (Å²) in [5.41, 5.74) is 0.900. The molecule has 1 heterocycles. The molecule has 1 fully saturated rings. The van der Waals surface area contributed by atoms with Crippen molar-refractivity contribution in [3.8, 4) is 28.7 Å². The molecule has 34 heavy (non-hydrogen) atoms. The molecular formula is C27H29NO6. The molecule has 1 unspecified atom stereocenters. The van der Waals surface area contributed by atoms with Crippen LogP contribution in [0.3, 0.4) is 0 Å². The van der Waals surface area contributed by atoms with Gasteiger partial charge in [0.05, 0.1) is 13.2 Å². The van der Waals surface area contributed by atoms with Crippen LogP contribution in [0.2, 0.25) is 0 Å². The summed E-state index contributed by atoms with van der Waals surface area (Å²) >= 11 is 0. The smallest absolute Gasteiger partial charge is 0.258 e. The lowest BCUT2D eigenvalue weighted by atomic mass is 10.2. The van der Waals surface area contributed by atoms with E-state index in [9.17, 15) is 4.79 Å². The standard InChI is InChI=1S/C27H29NO6/c1-30-26-16-20(9-14-25(26)33-18-24-8-5-15-31-24)17-28-27(29)19-32-21-10-12-23(13-11-21)34-22-6-3-2-4-7-22/h2-4,6-7,9-14,16,24H,5,8,15,17-19H2,1H3,(H,28,29). The highest BCUT2D eigenvalue weighted by Crippen LogP contribution is 2.29. The van der Waals surface area contributed by atoms with Crippen molar-refractivity contribution in [2.24, 2.45) is 0 Å². The monoisotopic (exact) mass is 463 g/mol. The first-order valence-corrected chi connectivity index (χ1v) is 11.3. The van der Waals surface area contributed by atoms with Gasteiger partial charge in [0.25, 0.3) is 5.91 Å². The number of hydrogen-bond acceptors (Lipinski definition) is 6. The van der Waals surface area contributed by atoms with E-state index in [1.807, 2.05) is 48.5 Å². The van der Waals surface area contributed by atoms with Crippen LogP contribution in [0.25, 0.3) is 0 Å². The molecule has 0 spiro atoms.